The SMILES string of the molecule is Cc1cc(CN2Cc3cccc(N)c3C2)n(C)n1. The minimum Gasteiger partial charge on any atom is -0.398 e. The van der Waals surface area contributed by atoms with Gasteiger partial charge in [-0.05, 0) is 30.2 Å². The molecule has 0 unspecified atom stereocenters. The molecule has 1 aliphatic heterocycles. The Bertz CT molecular complexity index is 585. The number of rotatable bonds is 2. The summed E-state index contributed by atoms with van der Waals surface area (Å²) in [7, 11) is 2.00. The van der Waals surface area contributed by atoms with E-state index in [0.717, 1.165) is 31.0 Å². The molecule has 0 aliphatic carbocycles. The molecular formula is C14H18N4. The maximum absolute atomic E-state index is 6.02. The molecule has 2 aromatic rings. The monoisotopic (exact) mass is 242 g/mol. The van der Waals surface area contributed by atoms with Crippen LogP contribution in [0.2, 0.25) is 0 Å². The van der Waals surface area contributed by atoms with E-state index in [2.05, 4.69) is 22.1 Å². The first-order valence-corrected chi connectivity index (χ1v) is 6.21. The second kappa shape index (κ2) is 4.14. The number of benzene rings is 1. The van der Waals surface area contributed by atoms with Crippen LogP contribution in [0.15, 0.2) is 24.3 Å². The Morgan fingerprint density at radius 3 is 2.83 bits per heavy atom. The molecule has 0 radical (unpaired) electrons. The van der Waals surface area contributed by atoms with Crippen LogP contribution in [0.4, 0.5) is 5.69 Å². The minimum atomic E-state index is 0.913. The summed E-state index contributed by atoms with van der Waals surface area (Å²) in [5.74, 6) is 0. The second-order valence-electron chi connectivity index (χ2n) is 5.03. The van der Waals surface area contributed by atoms with Gasteiger partial charge in [0.15, 0.2) is 0 Å². The largest absolute Gasteiger partial charge is 0.398 e. The van der Waals surface area contributed by atoms with Crippen LogP contribution in [-0.2, 0) is 26.7 Å². The van der Waals surface area contributed by atoms with Crippen LogP contribution in [0.5, 0.6) is 0 Å². The van der Waals surface area contributed by atoms with E-state index in [1.54, 1.807) is 0 Å². The maximum Gasteiger partial charge on any atom is 0.0597 e. The summed E-state index contributed by atoms with van der Waals surface area (Å²) in [5, 5.41) is 4.39. The molecule has 0 atom stereocenters. The molecule has 4 heteroatoms. The summed E-state index contributed by atoms with van der Waals surface area (Å²) >= 11 is 0. The Kier molecular flexibility index (Phi) is 2.59. The van der Waals surface area contributed by atoms with Crippen molar-refractivity contribution in [2.75, 3.05) is 5.73 Å². The van der Waals surface area contributed by atoms with Gasteiger partial charge in [-0.15, -0.1) is 0 Å². The van der Waals surface area contributed by atoms with Gasteiger partial charge < -0.3 is 5.73 Å². The molecule has 0 amide bonds. The molecular weight excluding hydrogens is 224 g/mol. The van der Waals surface area contributed by atoms with Gasteiger partial charge in [0.05, 0.1) is 11.4 Å². The van der Waals surface area contributed by atoms with Gasteiger partial charge in [0.1, 0.15) is 0 Å². The van der Waals surface area contributed by atoms with Gasteiger partial charge in [-0.3, -0.25) is 9.58 Å². The fraction of sp³-hybridized carbons (Fsp3) is 0.357. The van der Waals surface area contributed by atoms with Crippen molar-refractivity contribution in [1.82, 2.24) is 14.7 Å². The zero-order valence-corrected chi connectivity index (χ0v) is 10.8. The van der Waals surface area contributed by atoms with Crippen LogP contribution in [0.25, 0.3) is 0 Å². The van der Waals surface area contributed by atoms with Crippen molar-refractivity contribution in [3.63, 3.8) is 0 Å². The normalized spacial score (nSPS) is 15.0. The van der Waals surface area contributed by atoms with Crippen LogP contribution < -0.4 is 5.73 Å². The number of nitrogen functional groups attached to an aromatic ring is 1. The summed E-state index contributed by atoms with van der Waals surface area (Å²) in [4.78, 5) is 2.40. The van der Waals surface area contributed by atoms with E-state index in [4.69, 9.17) is 5.73 Å². The van der Waals surface area contributed by atoms with Gasteiger partial charge in [0.2, 0.25) is 0 Å². The highest BCUT2D eigenvalue weighted by Crippen LogP contribution is 2.28. The van der Waals surface area contributed by atoms with E-state index in [9.17, 15) is 0 Å². The van der Waals surface area contributed by atoms with Crippen molar-refractivity contribution in [3.8, 4) is 0 Å². The number of fused-ring (bicyclic) bond motifs is 1. The average molecular weight is 242 g/mol. The van der Waals surface area contributed by atoms with Crippen molar-refractivity contribution >= 4 is 5.69 Å². The number of aryl methyl sites for hydroxylation is 2. The highest BCUT2D eigenvalue weighted by molar-refractivity contribution is 5.52. The second-order valence-corrected chi connectivity index (χ2v) is 5.03. The maximum atomic E-state index is 6.02. The van der Waals surface area contributed by atoms with E-state index >= 15 is 0 Å². The molecule has 94 valence electrons. The lowest BCUT2D eigenvalue weighted by atomic mass is 10.1. The number of aromatic nitrogens is 2. The van der Waals surface area contributed by atoms with Gasteiger partial charge in [-0.25, -0.2) is 0 Å². The van der Waals surface area contributed by atoms with Crippen LogP contribution in [0, 0.1) is 6.92 Å². The molecule has 0 spiro atoms. The Morgan fingerprint density at radius 2 is 2.17 bits per heavy atom. The van der Waals surface area contributed by atoms with Crippen LogP contribution in [-0.4, -0.2) is 14.7 Å². The third-order valence-electron chi connectivity index (χ3n) is 3.57. The molecule has 2 heterocycles. The number of nitrogens with zero attached hydrogens (tertiary/aromatic N) is 3. The number of hydrogen-bond donors (Lipinski definition) is 1. The Morgan fingerprint density at radius 1 is 1.33 bits per heavy atom. The fourth-order valence-electron chi connectivity index (χ4n) is 2.67. The fourth-order valence-corrected chi connectivity index (χ4v) is 2.67. The smallest absolute Gasteiger partial charge is 0.0597 e. The molecule has 3 rings (SSSR count). The van der Waals surface area contributed by atoms with Gasteiger partial charge >= 0.3 is 0 Å². The number of anilines is 1. The third kappa shape index (κ3) is 1.88. The average Bonchev–Trinajstić information content (AvgIpc) is 2.84. The lowest BCUT2D eigenvalue weighted by molar-refractivity contribution is 0.268. The third-order valence-corrected chi connectivity index (χ3v) is 3.57. The summed E-state index contributed by atoms with van der Waals surface area (Å²) in [6, 6.07) is 8.33. The molecule has 0 bridgehead atoms. The minimum absolute atomic E-state index is 0.913. The highest BCUT2D eigenvalue weighted by atomic mass is 15.3. The first kappa shape index (κ1) is 11.3. The molecule has 1 aliphatic rings. The predicted molar refractivity (Wildman–Crippen MR) is 71.8 cm³/mol. The van der Waals surface area contributed by atoms with Crippen LogP contribution >= 0.6 is 0 Å². The van der Waals surface area contributed by atoms with E-state index in [-0.39, 0.29) is 0 Å². The molecule has 4 nitrogen and oxygen atoms in total. The summed E-state index contributed by atoms with van der Waals surface area (Å²) in [5.41, 5.74) is 11.9. The Labute approximate surface area is 107 Å². The summed E-state index contributed by atoms with van der Waals surface area (Å²) in [6.07, 6.45) is 0. The van der Waals surface area contributed by atoms with Crippen LogP contribution in [0.3, 0.4) is 0 Å². The van der Waals surface area contributed by atoms with E-state index in [0.29, 0.717) is 0 Å². The van der Waals surface area contributed by atoms with Crippen molar-refractivity contribution in [2.24, 2.45) is 7.05 Å². The molecule has 0 fully saturated rings. The van der Waals surface area contributed by atoms with Crippen LogP contribution in [0.1, 0.15) is 22.5 Å². The first-order valence-electron chi connectivity index (χ1n) is 6.21. The topological polar surface area (TPSA) is 47.1 Å². The molecule has 0 saturated heterocycles. The van der Waals surface area contributed by atoms with Crippen molar-refractivity contribution in [1.29, 1.82) is 0 Å². The Hall–Kier alpha value is -1.81. The lowest BCUT2D eigenvalue weighted by Crippen LogP contribution is -2.17. The zero-order chi connectivity index (χ0) is 12.7. The highest BCUT2D eigenvalue weighted by Gasteiger charge is 2.21. The summed E-state index contributed by atoms with van der Waals surface area (Å²) in [6.45, 7) is 4.86. The Balaban J connectivity index is 1.79. The zero-order valence-electron chi connectivity index (χ0n) is 10.8. The molecule has 18 heavy (non-hydrogen) atoms. The molecule has 2 N–H and O–H groups in total. The van der Waals surface area contributed by atoms with Crippen molar-refractivity contribution in [3.05, 3.63) is 46.8 Å². The standard InChI is InChI=1S/C14H18N4/c1-10-6-12(17(2)16-10)8-18-7-11-4-3-5-14(15)13(11)9-18/h3-6H,7-9,15H2,1-2H3. The molecule has 0 saturated carbocycles. The van der Waals surface area contributed by atoms with Gasteiger partial charge in [0.25, 0.3) is 0 Å². The quantitative estimate of drug-likeness (QED) is 0.817. The first-order chi connectivity index (χ1) is 8.63. The molecule has 1 aromatic carbocycles. The predicted octanol–water partition coefficient (Wildman–Crippen LogP) is 1.83. The number of nitrogens with two attached hydrogens (primary N) is 1. The van der Waals surface area contributed by atoms with Crippen molar-refractivity contribution < 1.29 is 0 Å². The van der Waals surface area contributed by atoms with E-state index in [1.165, 1.54) is 16.8 Å². The van der Waals surface area contributed by atoms with Gasteiger partial charge in [-0.1, -0.05) is 12.1 Å². The van der Waals surface area contributed by atoms with Gasteiger partial charge in [-0.2, -0.15) is 5.10 Å². The van der Waals surface area contributed by atoms with E-state index in [1.807, 2.05) is 30.8 Å². The van der Waals surface area contributed by atoms with E-state index < -0.39 is 0 Å². The van der Waals surface area contributed by atoms with Gasteiger partial charge in [0, 0.05) is 32.4 Å². The van der Waals surface area contributed by atoms with Crippen molar-refractivity contribution in [2.45, 2.75) is 26.6 Å². The number of hydrogen-bond acceptors (Lipinski definition) is 3. The summed E-state index contributed by atoms with van der Waals surface area (Å²) < 4.78 is 1.96. The lowest BCUT2D eigenvalue weighted by Gasteiger charge is -2.14. The molecule has 1 aromatic heterocycles.